The van der Waals surface area contributed by atoms with Crippen molar-refractivity contribution >= 4 is 11.7 Å². The van der Waals surface area contributed by atoms with Crippen molar-refractivity contribution in [2.45, 2.75) is 19.4 Å². The first-order valence-corrected chi connectivity index (χ1v) is 6.62. The Morgan fingerprint density at radius 2 is 2.16 bits per heavy atom. The van der Waals surface area contributed by atoms with Gasteiger partial charge >= 0.3 is 5.97 Å². The molecule has 102 valence electrons. The van der Waals surface area contributed by atoms with E-state index >= 15 is 0 Å². The van der Waals surface area contributed by atoms with Crippen LogP contribution >= 0.6 is 0 Å². The van der Waals surface area contributed by atoms with Crippen LogP contribution in [0.2, 0.25) is 0 Å². The summed E-state index contributed by atoms with van der Waals surface area (Å²) in [7, 11) is 1.43. The van der Waals surface area contributed by atoms with E-state index < -0.39 is 0 Å². The normalized spacial score (nSPS) is 23.1. The number of rotatable bonds is 3. The molecule has 0 bridgehead atoms. The van der Waals surface area contributed by atoms with Crippen LogP contribution in [0.25, 0.3) is 0 Å². The summed E-state index contributed by atoms with van der Waals surface area (Å²) in [6.07, 6.45) is 0.803. The lowest BCUT2D eigenvalue weighted by atomic mass is 9.96. The zero-order valence-corrected chi connectivity index (χ0v) is 11.4. The van der Waals surface area contributed by atoms with Gasteiger partial charge in [-0.3, -0.25) is 9.79 Å². The number of aliphatic imine (C=N–C) groups is 1. The number of hydrogen-bond acceptors (Lipinski definition) is 4. The Hall–Kier alpha value is -1.68. The first-order valence-electron chi connectivity index (χ1n) is 6.62. The molecule has 1 aliphatic heterocycles. The van der Waals surface area contributed by atoms with Crippen LogP contribution in [0.5, 0.6) is 0 Å². The van der Waals surface area contributed by atoms with E-state index in [1.165, 1.54) is 7.11 Å². The molecule has 1 aromatic carbocycles. The number of nitrogens with one attached hydrogen (secondary N) is 1. The van der Waals surface area contributed by atoms with E-state index in [1.807, 2.05) is 18.2 Å². The van der Waals surface area contributed by atoms with Crippen molar-refractivity contribution < 1.29 is 9.53 Å². The van der Waals surface area contributed by atoms with Crippen molar-refractivity contribution in [2.75, 3.05) is 20.2 Å². The van der Waals surface area contributed by atoms with Crippen LogP contribution in [0.4, 0.5) is 0 Å². The number of hydrogen-bond donors (Lipinski definition) is 1. The Kier molecular flexibility index (Phi) is 4.68. The maximum Gasteiger partial charge on any atom is 0.315 e. The maximum absolute atomic E-state index is 11.8. The second-order valence-electron chi connectivity index (χ2n) is 4.74. The second-order valence-corrected chi connectivity index (χ2v) is 4.74. The van der Waals surface area contributed by atoms with Crippen molar-refractivity contribution in [3.05, 3.63) is 35.9 Å². The summed E-state index contributed by atoms with van der Waals surface area (Å²) in [4.78, 5) is 16.5. The van der Waals surface area contributed by atoms with E-state index in [9.17, 15) is 4.79 Å². The van der Waals surface area contributed by atoms with Gasteiger partial charge in [0.05, 0.1) is 13.2 Å². The number of methoxy groups -OCH3 is 1. The fourth-order valence-electron chi connectivity index (χ4n) is 2.33. The molecule has 2 rings (SSSR count). The number of piperidine rings is 1. The van der Waals surface area contributed by atoms with Gasteiger partial charge in [-0.05, 0) is 18.9 Å². The topological polar surface area (TPSA) is 50.7 Å². The molecule has 0 radical (unpaired) electrons. The molecular weight excluding hydrogens is 240 g/mol. The van der Waals surface area contributed by atoms with E-state index in [0.717, 1.165) is 24.2 Å². The van der Waals surface area contributed by atoms with Gasteiger partial charge in [-0.15, -0.1) is 0 Å². The lowest BCUT2D eigenvalue weighted by Gasteiger charge is -2.24. The average Bonchev–Trinajstić information content (AvgIpc) is 2.48. The minimum absolute atomic E-state index is 0.0708. The van der Waals surface area contributed by atoms with Gasteiger partial charge in [-0.25, -0.2) is 0 Å². The van der Waals surface area contributed by atoms with Crippen LogP contribution in [0.3, 0.4) is 0 Å². The molecule has 0 amide bonds. The van der Waals surface area contributed by atoms with Gasteiger partial charge in [-0.2, -0.15) is 0 Å². The Balaban J connectivity index is 2.17. The first kappa shape index (κ1) is 13.7. The molecule has 1 N–H and O–H groups in total. The quantitative estimate of drug-likeness (QED) is 0.845. The van der Waals surface area contributed by atoms with E-state index in [1.54, 1.807) is 0 Å². The second kappa shape index (κ2) is 6.48. The van der Waals surface area contributed by atoms with Crippen LogP contribution in [0.15, 0.2) is 35.3 Å². The number of benzene rings is 1. The van der Waals surface area contributed by atoms with Crippen LogP contribution < -0.4 is 5.32 Å². The van der Waals surface area contributed by atoms with E-state index in [2.05, 4.69) is 24.4 Å². The fraction of sp³-hybridized carbons (Fsp3) is 0.467. The minimum Gasteiger partial charge on any atom is -0.468 e. The molecular formula is C15H20N2O2. The predicted octanol–water partition coefficient (Wildman–Crippen LogP) is 1.97. The summed E-state index contributed by atoms with van der Waals surface area (Å²) < 4.78 is 4.85. The molecule has 0 aromatic heterocycles. The van der Waals surface area contributed by atoms with Crippen molar-refractivity contribution in [2.24, 2.45) is 10.9 Å². The molecule has 2 unspecified atom stereocenters. The third-order valence-corrected chi connectivity index (χ3v) is 3.44. The summed E-state index contributed by atoms with van der Waals surface area (Å²) in [6, 6.07) is 10.2. The fourth-order valence-corrected chi connectivity index (χ4v) is 2.33. The molecule has 1 saturated heterocycles. The highest BCUT2D eigenvalue weighted by Crippen LogP contribution is 2.20. The van der Waals surface area contributed by atoms with Crippen LogP contribution in [-0.4, -0.2) is 31.9 Å². The van der Waals surface area contributed by atoms with Crippen LogP contribution in [-0.2, 0) is 9.53 Å². The van der Waals surface area contributed by atoms with Crippen molar-refractivity contribution in [3.63, 3.8) is 0 Å². The Morgan fingerprint density at radius 1 is 1.42 bits per heavy atom. The predicted molar refractivity (Wildman–Crippen MR) is 75.3 cm³/mol. The molecule has 0 saturated carbocycles. The van der Waals surface area contributed by atoms with Crippen molar-refractivity contribution in [1.29, 1.82) is 0 Å². The van der Waals surface area contributed by atoms with Crippen LogP contribution in [0, 0.1) is 5.92 Å². The zero-order chi connectivity index (χ0) is 13.7. The van der Waals surface area contributed by atoms with Gasteiger partial charge in [0.2, 0.25) is 0 Å². The lowest BCUT2D eigenvalue weighted by molar-refractivity contribution is -0.143. The molecule has 19 heavy (non-hydrogen) atoms. The SMILES string of the molecule is COC(=O)C1CNCCC1=NC(C)c1ccccc1. The number of ether oxygens (including phenoxy) is 1. The van der Waals surface area contributed by atoms with E-state index in [-0.39, 0.29) is 17.9 Å². The highest BCUT2D eigenvalue weighted by atomic mass is 16.5. The lowest BCUT2D eigenvalue weighted by Crippen LogP contribution is -2.42. The van der Waals surface area contributed by atoms with Gasteiger partial charge in [0.15, 0.2) is 0 Å². The van der Waals surface area contributed by atoms with Gasteiger partial charge in [-0.1, -0.05) is 30.3 Å². The van der Waals surface area contributed by atoms with Gasteiger partial charge in [0.1, 0.15) is 5.92 Å². The summed E-state index contributed by atoms with van der Waals surface area (Å²) in [6.45, 7) is 3.54. The third kappa shape index (κ3) is 3.41. The maximum atomic E-state index is 11.8. The average molecular weight is 260 g/mol. The molecule has 1 heterocycles. The van der Waals surface area contributed by atoms with Crippen molar-refractivity contribution in [1.82, 2.24) is 5.32 Å². The van der Waals surface area contributed by atoms with Gasteiger partial charge < -0.3 is 10.1 Å². The first-order chi connectivity index (χ1) is 9.22. The molecule has 0 spiro atoms. The summed E-state index contributed by atoms with van der Waals surface area (Å²) in [5.74, 6) is -0.448. The third-order valence-electron chi connectivity index (χ3n) is 3.44. The molecule has 1 fully saturated rings. The highest BCUT2D eigenvalue weighted by molar-refractivity contribution is 6.03. The molecule has 4 heteroatoms. The molecule has 1 aliphatic rings. The smallest absolute Gasteiger partial charge is 0.315 e. The Bertz CT molecular complexity index is 456. The number of nitrogens with zero attached hydrogens (tertiary/aromatic N) is 1. The molecule has 4 nitrogen and oxygen atoms in total. The summed E-state index contributed by atoms with van der Waals surface area (Å²) in [5, 5.41) is 3.21. The van der Waals surface area contributed by atoms with Gasteiger partial charge in [0, 0.05) is 18.8 Å². The zero-order valence-electron chi connectivity index (χ0n) is 11.4. The highest BCUT2D eigenvalue weighted by Gasteiger charge is 2.28. The largest absolute Gasteiger partial charge is 0.468 e. The monoisotopic (exact) mass is 260 g/mol. The number of carbonyl (C=O) groups excluding carboxylic acids is 1. The molecule has 2 atom stereocenters. The molecule has 1 aromatic rings. The summed E-state index contributed by atoms with van der Waals surface area (Å²) in [5.41, 5.74) is 2.11. The van der Waals surface area contributed by atoms with Gasteiger partial charge in [0.25, 0.3) is 0 Å². The standard InChI is InChI=1S/C15H20N2O2/c1-11(12-6-4-3-5-7-12)17-14-8-9-16-10-13(14)15(18)19-2/h3-7,11,13,16H,8-10H2,1-2H3. The number of carbonyl (C=O) groups is 1. The Morgan fingerprint density at radius 3 is 2.84 bits per heavy atom. The van der Waals surface area contributed by atoms with Crippen LogP contribution in [0.1, 0.15) is 24.9 Å². The van der Waals surface area contributed by atoms with E-state index in [0.29, 0.717) is 6.54 Å². The van der Waals surface area contributed by atoms with E-state index in [4.69, 9.17) is 9.73 Å². The Labute approximate surface area is 113 Å². The molecule has 0 aliphatic carbocycles. The summed E-state index contributed by atoms with van der Waals surface area (Å²) >= 11 is 0. The minimum atomic E-state index is -0.245. The van der Waals surface area contributed by atoms with Crippen molar-refractivity contribution in [3.8, 4) is 0 Å². The number of esters is 1.